The first kappa shape index (κ1) is 26.7. The minimum absolute atomic E-state index is 0.0466. The predicted octanol–water partition coefficient (Wildman–Crippen LogP) is 2.86. The first-order valence-corrected chi connectivity index (χ1v) is 13.3. The van der Waals surface area contributed by atoms with Crippen molar-refractivity contribution in [1.29, 1.82) is 0 Å². The molecule has 0 radical (unpaired) electrons. The zero-order valence-electron chi connectivity index (χ0n) is 21.5. The van der Waals surface area contributed by atoms with Gasteiger partial charge in [0.25, 0.3) is 5.56 Å². The molecule has 0 saturated carbocycles. The Labute approximate surface area is 231 Å². The van der Waals surface area contributed by atoms with Crippen molar-refractivity contribution in [3.63, 3.8) is 0 Å². The highest BCUT2D eigenvalue weighted by atomic mass is 35.5. The van der Waals surface area contributed by atoms with Crippen LogP contribution >= 0.6 is 11.6 Å². The van der Waals surface area contributed by atoms with Crippen LogP contribution in [0, 0.1) is 0 Å². The van der Waals surface area contributed by atoms with Crippen molar-refractivity contribution in [3.05, 3.63) is 50.9 Å². The predicted molar refractivity (Wildman–Crippen MR) is 141 cm³/mol. The van der Waals surface area contributed by atoms with Gasteiger partial charge in [-0.15, -0.1) is 5.10 Å². The van der Waals surface area contributed by atoms with Crippen LogP contribution in [0.5, 0.6) is 0 Å². The first-order chi connectivity index (χ1) is 19.1. The van der Waals surface area contributed by atoms with E-state index >= 15 is 0 Å². The molecule has 15 heteroatoms. The Kier molecular flexibility index (Phi) is 6.79. The molecular formula is C25H26ClF3N8O3. The molecule has 0 aromatic carbocycles. The second-order valence-electron chi connectivity index (χ2n) is 10.0. The minimum atomic E-state index is -4.67. The van der Waals surface area contributed by atoms with Crippen LogP contribution < -0.4 is 21.1 Å². The highest BCUT2D eigenvalue weighted by molar-refractivity contribution is 6.32. The summed E-state index contributed by atoms with van der Waals surface area (Å²) in [5, 5.41) is 10.00. The third-order valence-corrected chi connectivity index (χ3v) is 7.73. The number of halogens is 4. The summed E-state index contributed by atoms with van der Waals surface area (Å²) in [6.45, 7) is 5.46. The number of alkyl halides is 3. The molecular weight excluding hydrogens is 553 g/mol. The van der Waals surface area contributed by atoms with E-state index in [-0.39, 0.29) is 22.9 Å². The lowest BCUT2D eigenvalue weighted by Crippen LogP contribution is -2.46. The van der Waals surface area contributed by atoms with Gasteiger partial charge in [0.1, 0.15) is 17.4 Å². The fourth-order valence-corrected chi connectivity index (χ4v) is 5.74. The fraction of sp³-hybridized carbons (Fsp3) is 0.480. The molecule has 40 heavy (non-hydrogen) atoms. The third-order valence-electron chi connectivity index (χ3n) is 7.44. The number of hydrogen-bond donors (Lipinski definition) is 2. The SMILES string of the molecule is C[C@H]1C[C@@H](C(=O)Nc2ccc(C(F)(F)F)nc2Cl)n2c1c(N1CCNCC1)c(=O)n1nc(C3=CCOCC3)nc21. The number of aromatic nitrogens is 5. The molecule has 3 aromatic rings. The van der Waals surface area contributed by atoms with Crippen LogP contribution in [-0.2, 0) is 15.7 Å². The Morgan fingerprint density at radius 2 is 2.00 bits per heavy atom. The molecule has 2 atom stereocenters. The largest absolute Gasteiger partial charge is 0.433 e. The van der Waals surface area contributed by atoms with E-state index in [4.69, 9.17) is 21.3 Å². The summed E-state index contributed by atoms with van der Waals surface area (Å²) in [6.07, 6.45) is -1.87. The van der Waals surface area contributed by atoms with Gasteiger partial charge in [-0.25, -0.2) is 4.98 Å². The third kappa shape index (κ3) is 4.63. The van der Waals surface area contributed by atoms with Crippen LogP contribution in [0.2, 0.25) is 5.15 Å². The molecule has 1 amide bonds. The average molecular weight is 579 g/mol. The van der Waals surface area contributed by atoms with Crippen molar-refractivity contribution in [1.82, 2.24) is 29.5 Å². The van der Waals surface area contributed by atoms with Crippen LogP contribution in [0.1, 0.15) is 48.9 Å². The number of carbonyl (C=O) groups excluding carboxylic acids is 1. The van der Waals surface area contributed by atoms with E-state index in [9.17, 15) is 22.8 Å². The fourth-order valence-electron chi connectivity index (χ4n) is 5.54. The first-order valence-electron chi connectivity index (χ1n) is 13.0. The quantitative estimate of drug-likeness (QED) is 0.454. The summed E-state index contributed by atoms with van der Waals surface area (Å²) in [4.78, 5) is 37.6. The zero-order chi connectivity index (χ0) is 28.2. The van der Waals surface area contributed by atoms with E-state index < -0.39 is 29.0 Å². The topological polar surface area (TPSA) is 119 Å². The van der Waals surface area contributed by atoms with E-state index in [0.29, 0.717) is 69.4 Å². The van der Waals surface area contributed by atoms with E-state index in [1.807, 2.05) is 17.9 Å². The Balaban J connectivity index is 1.46. The molecule has 11 nitrogen and oxygen atoms in total. The number of ether oxygens (including phenoxy) is 1. The Morgan fingerprint density at radius 3 is 2.67 bits per heavy atom. The highest BCUT2D eigenvalue weighted by Gasteiger charge is 2.40. The lowest BCUT2D eigenvalue weighted by Gasteiger charge is -2.31. The van der Waals surface area contributed by atoms with Crippen LogP contribution in [-0.4, -0.2) is 69.4 Å². The van der Waals surface area contributed by atoms with E-state index in [1.54, 1.807) is 4.57 Å². The van der Waals surface area contributed by atoms with Crippen LogP contribution in [0.15, 0.2) is 23.0 Å². The lowest BCUT2D eigenvalue weighted by molar-refractivity contribution is -0.141. The van der Waals surface area contributed by atoms with Crippen molar-refractivity contribution >= 4 is 40.2 Å². The summed E-state index contributed by atoms with van der Waals surface area (Å²) >= 11 is 6.02. The van der Waals surface area contributed by atoms with Crippen LogP contribution in [0.3, 0.4) is 0 Å². The highest BCUT2D eigenvalue weighted by Crippen LogP contribution is 2.42. The van der Waals surface area contributed by atoms with Crippen LogP contribution in [0.25, 0.3) is 11.4 Å². The summed E-state index contributed by atoms with van der Waals surface area (Å²) in [7, 11) is 0. The number of nitrogens with zero attached hydrogens (tertiary/aromatic N) is 6. The Morgan fingerprint density at radius 1 is 1.23 bits per heavy atom. The molecule has 212 valence electrons. The van der Waals surface area contributed by atoms with Crippen molar-refractivity contribution in [2.45, 2.75) is 37.9 Å². The number of carbonyl (C=O) groups is 1. The number of amides is 1. The maximum atomic E-state index is 13.9. The molecule has 3 aliphatic rings. The number of hydrogen-bond acceptors (Lipinski definition) is 8. The van der Waals surface area contributed by atoms with Gasteiger partial charge in [-0.05, 0) is 30.5 Å². The van der Waals surface area contributed by atoms with Gasteiger partial charge in [-0.2, -0.15) is 22.7 Å². The molecule has 6 rings (SSSR count). The summed E-state index contributed by atoms with van der Waals surface area (Å²) < 4.78 is 47.5. The number of rotatable bonds is 4. The van der Waals surface area contributed by atoms with Gasteiger partial charge in [0.2, 0.25) is 11.7 Å². The molecule has 6 heterocycles. The number of piperazine rings is 1. The zero-order valence-corrected chi connectivity index (χ0v) is 22.2. The normalized spacial score (nSPS) is 21.4. The van der Waals surface area contributed by atoms with Crippen LogP contribution in [0.4, 0.5) is 24.5 Å². The Bertz CT molecular complexity index is 1580. The second-order valence-corrected chi connectivity index (χ2v) is 10.4. The standard InChI is InChI=1S/C25H26ClF3N8O3/c1-13-12-16(22(38)31-15-2-3-17(25(27,28)29)32-20(15)26)36-18(13)19(35-8-6-30-7-9-35)23(39)37-24(36)33-21(34-37)14-4-10-40-11-5-14/h2-4,13,16,30H,5-12H2,1H3,(H,31,38)/t13-,16-/m0/s1. The van der Waals surface area contributed by atoms with E-state index in [2.05, 4.69) is 20.7 Å². The van der Waals surface area contributed by atoms with E-state index in [0.717, 1.165) is 17.7 Å². The van der Waals surface area contributed by atoms with Gasteiger partial charge >= 0.3 is 6.18 Å². The molecule has 3 aromatic heterocycles. The smallest absolute Gasteiger partial charge is 0.377 e. The molecule has 0 spiro atoms. The van der Waals surface area contributed by atoms with Crippen molar-refractivity contribution < 1.29 is 22.7 Å². The second kappa shape index (κ2) is 10.2. The maximum Gasteiger partial charge on any atom is 0.433 e. The maximum absolute atomic E-state index is 13.9. The van der Waals surface area contributed by atoms with Crippen molar-refractivity contribution in [2.24, 2.45) is 0 Å². The van der Waals surface area contributed by atoms with E-state index in [1.165, 1.54) is 4.52 Å². The van der Waals surface area contributed by atoms with Gasteiger partial charge in [-0.1, -0.05) is 24.6 Å². The van der Waals surface area contributed by atoms with Gasteiger partial charge in [0.05, 0.1) is 24.6 Å². The van der Waals surface area contributed by atoms with Gasteiger partial charge in [-0.3, -0.25) is 14.2 Å². The minimum Gasteiger partial charge on any atom is -0.377 e. The molecule has 3 aliphatic heterocycles. The number of fused-ring (bicyclic) bond motifs is 3. The molecule has 1 saturated heterocycles. The summed E-state index contributed by atoms with van der Waals surface area (Å²) in [5.74, 6) is -0.0913. The molecule has 1 fully saturated rings. The number of pyridine rings is 1. The van der Waals surface area contributed by atoms with Gasteiger partial charge in [0.15, 0.2) is 11.0 Å². The van der Waals surface area contributed by atoms with Gasteiger partial charge < -0.3 is 20.3 Å². The van der Waals surface area contributed by atoms with Gasteiger partial charge in [0, 0.05) is 32.1 Å². The lowest BCUT2D eigenvalue weighted by atomic mass is 10.0. The molecule has 0 aliphatic carbocycles. The van der Waals surface area contributed by atoms with Crippen molar-refractivity contribution in [3.8, 4) is 0 Å². The van der Waals surface area contributed by atoms with Crippen molar-refractivity contribution in [2.75, 3.05) is 49.6 Å². The summed E-state index contributed by atoms with van der Waals surface area (Å²) in [5.41, 5.74) is 0.488. The number of nitrogens with one attached hydrogen (secondary N) is 2. The monoisotopic (exact) mass is 578 g/mol. The number of anilines is 2. The Hall–Kier alpha value is -3.49. The molecule has 2 N–H and O–H groups in total. The molecule has 0 unspecified atom stereocenters. The summed E-state index contributed by atoms with van der Waals surface area (Å²) in [6, 6.07) is 1.01. The average Bonchev–Trinajstić information content (AvgIpc) is 3.53. The molecule has 0 bridgehead atoms.